The zero-order valence-electron chi connectivity index (χ0n) is 15.5. The van der Waals surface area contributed by atoms with Crippen LogP contribution in [0.3, 0.4) is 0 Å². The van der Waals surface area contributed by atoms with E-state index in [4.69, 9.17) is 5.73 Å². The molecule has 2 amide bonds. The van der Waals surface area contributed by atoms with Crippen LogP contribution in [0.1, 0.15) is 35.2 Å². The molecular weight excluding hydrogens is 352 g/mol. The molecule has 1 aliphatic heterocycles. The molecule has 1 aliphatic rings. The number of piperidine rings is 1. The van der Waals surface area contributed by atoms with Gasteiger partial charge >= 0.3 is 0 Å². The van der Waals surface area contributed by atoms with Crippen LogP contribution in [0, 0.1) is 0 Å². The van der Waals surface area contributed by atoms with Crippen molar-refractivity contribution in [2.24, 2.45) is 5.73 Å². The summed E-state index contributed by atoms with van der Waals surface area (Å²) < 4.78 is 0. The minimum atomic E-state index is -0.493. The lowest BCUT2D eigenvalue weighted by Gasteiger charge is -2.26. The van der Waals surface area contributed by atoms with Crippen LogP contribution in [0.4, 0.5) is 0 Å². The molecule has 0 saturated carbocycles. The van der Waals surface area contributed by atoms with Gasteiger partial charge in [0, 0.05) is 53.6 Å². The van der Waals surface area contributed by atoms with E-state index in [1.165, 1.54) is 12.5 Å². The smallest absolute Gasteiger partial charge is 0.253 e. The second-order valence-corrected chi connectivity index (χ2v) is 7.03. The standard InChI is InChI=1S/C22H22N4O2/c23-20(27)9-8-17-13-24-21-19(17)12-18(14-25-21)15-4-6-16(7-5-15)22(28)26-10-2-1-3-11-26/h4-9,12-14H,1-3,10-11H2,(H2,23,27)(H,24,25)/b9-8+. The summed E-state index contributed by atoms with van der Waals surface area (Å²) in [6.45, 7) is 1.69. The quantitative estimate of drug-likeness (QED) is 0.686. The highest BCUT2D eigenvalue weighted by Crippen LogP contribution is 2.26. The Kier molecular flexibility index (Phi) is 4.93. The second kappa shape index (κ2) is 7.68. The van der Waals surface area contributed by atoms with Crippen LogP contribution in [-0.2, 0) is 4.79 Å². The number of pyridine rings is 1. The molecule has 0 atom stereocenters. The van der Waals surface area contributed by atoms with E-state index in [2.05, 4.69) is 9.97 Å². The van der Waals surface area contributed by atoms with E-state index in [0.29, 0.717) is 5.56 Å². The number of primary amides is 1. The lowest BCUT2D eigenvalue weighted by molar-refractivity contribution is -0.113. The van der Waals surface area contributed by atoms with E-state index in [1.54, 1.807) is 18.5 Å². The normalized spacial score (nSPS) is 14.6. The maximum atomic E-state index is 12.6. The number of hydrogen-bond acceptors (Lipinski definition) is 3. The molecule has 3 heterocycles. The number of nitrogens with zero attached hydrogens (tertiary/aromatic N) is 2. The van der Waals surface area contributed by atoms with Crippen molar-refractivity contribution in [1.82, 2.24) is 14.9 Å². The Hall–Kier alpha value is -3.41. The van der Waals surface area contributed by atoms with E-state index in [1.807, 2.05) is 35.2 Å². The van der Waals surface area contributed by atoms with Crippen LogP contribution in [-0.4, -0.2) is 39.8 Å². The number of carbonyl (C=O) groups is 2. The predicted molar refractivity (Wildman–Crippen MR) is 110 cm³/mol. The molecule has 1 aromatic carbocycles. The number of carbonyl (C=O) groups excluding carboxylic acids is 2. The highest BCUT2D eigenvalue weighted by molar-refractivity contribution is 5.96. The summed E-state index contributed by atoms with van der Waals surface area (Å²) in [7, 11) is 0. The van der Waals surface area contributed by atoms with Crippen LogP contribution in [0.2, 0.25) is 0 Å². The maximum absolute atomic E-state index is 12.6. The van der Waals surface area contributed by atoms with Crippen molar-refractivity contribution in [2.45, 2.75) is 19.3 Å². The molecule has 0 aliphatic carbocycles. The van der Waals surface area contributed by atoms with E-state index in [9.17, 15) is 9.59 Å². The molecule has 1 fully saturated rings. The second-order valence-electron chi connectivity index (χ2n) is 7.03. The molecule has 0 unspecified atom stereocenters. The zero-order chi connectivity index (χ0) is 19.5. The van der Waals surface area contributed by atoms with Gasteiger partial charge in [-0.05, 0) is 49.1 Å². The van der Waals surface area contributed by atoms with E-state index < -0.39 is 5.91 Å². The van der Waals surface area contributed by atoms with E-state index in [-0.39, 0.29) is 5.91 Å². The van der Waals surface area contributed by atoms with Gasteiger partial charge in [-0.3, -0.25) is 9.59 Å². The SMILES string of the molecule is NC(=O)/C=C/c1c[nH]c2ncc(-c3ccc(C(=O)N4CCCCC4)cc3)cc12. The van der Waals surface area contributed by atoms with E-state index in [0.717, 1.165) is 53.7 Å². The molecule has 3 N–H and O–H groups in total. The Morgan fingerprint density at radius 1 is 1.07 bits per heavy atom. The minimum Gasteiger partial charge on any atom is -0.366 e. The minimum absolute atomic E-state index is 0.101. The van der Waals surface area contributed by atoms with Crippen molar-refractivity contribution < 1.29 is 9.59 Å². The number of likely N-dealkylation sites (tertiary alicyclic amines) is 1. The fourth-order valence-corrected chi connectivity index (χ4v) is 3.58. The Morgan fingerprint density at radius 3 is 2.54 bits per heavy atom. The van der Waals surface area contributed by atoms with Gasteiger partial charge < -0.3 is 15.6 Å². The number of aromatic amines is 1. The topological polar surface area (TPSA) is 92.1 Å². The van der Waals surface area contributed by atoms with Gasteiger partial charge in [0.05, 0.1) is 0 Å². The van der Waals surface area contributed by atoms with Gasteiger partial charge in [-0.2, -0.15) is 0 Å². The first kappa shape index (κ1) is 18.0. The molecule has 28 heavy (non-hydrogen) atoms. The van der Waals surface area contributed by atoms with Crippen molar-refractivity contribution in [1.29, 1.82) is 0 Å². The van der Waals surface area contributed by atoms with Crippen molar-refractivity contribution in [3.8, 4) is 11.1 Å². The fraction of sp³-hybridized carbons (Fsp3) is 0.227. The highest BCUT2D eigenvalue weighted by atomic mass is 16.2. The van der Waals surface area contributed by atoms with Crippen molar-refractivity contribution in [3.05, 3.63) is 59.9 Å². The summed E-state index contributed by atoms with van der Waals surface area (Å²) in [6.07, 6.45) is 9.96. The Bertz CT molecular complexity index is 1040. The monoisotopic (exact) mass is 374 g/mol. The largest absolute Gasteiger partial charge is 0.366 e. The third-order valence-electron chi connectivity index (χ3n) is 5.10. The number of aromatic nitrogens is 2. The van der Waals surface area contributed by atoms with Crippen LogP contribution in [0.5, 0.6) is 0 Å². The van der Waals surface area contributed by atoms with Crippen LogP contribution < -0.4 is 5.73 Å². The first-order chi connectivity index (χ1) is 13.6. The molecule has 1 saturated heterocycles. The lowest BCUT2D eigenvalue weighted by Crippen LogP contribution is -2.35. The molecule has 2 aromatic heterocycles. The summed E-state index contributed by atoms with van der Waals surface area (Å²) in [5, 5.41) is 0.906. The van der Waals surface area contributed by atoms with Gasteiger partial charge in [0.25, 0.3) is 5.91 Å². The number of amides is 2. The van der Waals surface area contributed by atoms with Crippen molar-refractivity contribution >= 4 is 28.9 Å². The Balaban J connectivity index is 1.60. The van der Waals surface area contributed by atoms with Crippen LogP contribution in [0.25, 0.3) is 28.2 Å². The third-order valence-corrected chi connectivity index (χ3v) is 5.10. The number of nitrogens with one attached hydrogen (secondary N) is 1. The number of hydrogen-bond donors (Lipinski definition) is 2. The summed E-state index contributed by atoms with van der Waals surface area (Å²) in [4.78, 5) is 33.1. The number of nitrogens with two attached hydrogens (primary N) is 1. The molecule has 3 aromatic rings. The predicted octanol–water partition coefficient (Wildman–Crippen LogP) is 3.35. The van der Waals surface area contributed by atoms with Gasteiger partial charge in [0.2, 0.25) is 5.91 Å². The van der Waals surface area contributed by atoms with Crippen molar-refractivity contribution in [2.75, 3.05) is 13.1 Å². The van der Waals surface area contributed by atoms with Gasteiger partial charge in [0.1, 0.15) is 5.65 Å². The number of fused-ring (bicyclic) bond motifs is 1. The summed E-state index contributed by atoms with van der Waals surface area (Å²) in [5.74, 6) is -0.392. The first-order valence-electron chi connectivity index (χ1n) is 9.46. The first-order valence-corrected chi connectivity index (χ1v) is 9.46. The third kappa shape index (κ3) is 3.67. The zero-order valence-corrected chi connectivity index (χ0v) is 15.5. The Labute approximate surface area is 163 Å². The molecule has 0 radical (unpaired) electrons. The average molecular weight is 374 g/mol. The summed E-state index contributed by atoms with van der Waals surface area (Å²) in [5.41, 5.74) is 9.41. The van der Waals surface area contributed by atoms with Crippen LogP contribution in [0.15, 0.2) is 48.8 Å². The van der Waals surface area contributed by atoms with Gasteiger partial charge in [-0.1, -0.05) is 12.1 Å². The van der Waals surface area contributed by atoms with Gasteiger partial charge in [-0.25, -0.2) is 4.98 Å². The lowest BCUT2D eigenvalue weighted by atomic mass is 10.0. The average Bonchev–Trinajstić information content (AvgIpc) is 3.14. The number of benzene rings is 1. The van der Waals surface area contributed by atoms with Gasteiger partial charge in [-0.15, -0.1) is 0 Å². The van der Waals surface area contributed by atoms with Crippen molar-refractivity contribution in [3.63, 3.8) is 0 Å². The van der Waals surface area contributed by atoms with Crippen LogP contribution >= 0.6 is 0 Å². The molecule has 4 rings (SSSR count). The summed E-state index contributed by atoms with van der Waals surface area (Å²) in [6, 6.07) is 9.67. The Morgan fingerprint density at radius 2 is 1.82 bits per heavy atom. The highest BCUT2D eigenvalue weighted by Gasteiger charge is 2.18. The molecule has 6 nitrogen and oxygen atoms in total. The molecule has 0 bridgehead atoms. The molecule has 6 heteroatoms. The number of rotatable bonds is 4. The molecule has 142 valence electrons. The van der Waals surface area contributed by atoms with Gasteiger partial charge in [0.15, 0.2) is 0 Å². The van der Waals surface area contributed by atoms with E-state index >= 15 is 0 Å². The maximum Gasteiger partial charge on any atom is 0.253 e. The summed E-state index contributed by atoms with van der Waals surface area (Å²) >= 11 is 0. The molecule has 0 spiro atoms. The molecular formula is C22H22N4O2. The fourth-order valence-electron chi connectivity index (χ4n) is 3.58. The number of H-pyrrole nitrogens is 1.